The van der Waals surface area contributed by atoms with Gasteiger partial charge in [-0.25, -0.2) is 0 Å². The first-order chi connectivity index (χ1) is 12.0. The van der Waals surface area contributed by atoms with Gasteiger partial charge in [0.2, 0.25) is 0 Å². The number of carbonyl (C=O) groups is 1. The van der Waals surface area contributed by atoms with Crippen molar-refractivity contribution in [3.63, 3.8) is 0 Å². The van der Waals surface area contributed by atoms with Crippen LogP contribution in [0.15, 0.2) is 36.4 Å². The molecule has 3 rings (SSSR count). The van der Waals surface area contributed by atoms with Crippen LogP contribution in [0.4, 0.5) is 5.69 Å². The number of carboxylic acid groups (broad SMARTS) is 1. The van der Waals surface area contributed by atoms with Gasteiger partial charge >= 0.3 is 5.97 Å². The summed E-state index contributed by atoms with van der Waals surface area (Å²) in [6.45, 7) is 3.35. The topological polar surface area (TPSA) is 83.7 Å². The minimum atomic E-state index is -0.733. The molecule has 132 valence electrons. The summed E-state index contributed by atoms with van der Waals surface area (Å²) in [6.07, 6.45) is 1.60. The smallest absolute Gasteiger partial charge is 0.307 e. The van der Waals surface area contributed by atoms with Crippen molar-refractivity contribution in [1.82, 2.24) is 4.90 Å². The van der Waals surface area contributed by atoms with E-state index in [0.29, 0.717) is 24.7 Å². The van der Waals surface area contributed by atoms with Gasteiger partial charge in [0.05, 0.1) is 16.4 Å². The number of likely N-dealkylation sites (tertiary alicyclic amines) is 1. The first-order valence-corrected chi connectivity index (χ1v) is 9.06. The van der Waals surface area contributed by atoms with Gasteiger partial charge in [0, 0.05) is 35.0 Å². The summed E-state index contributed by atoms with van der Waals surface area (Å²) in [5.74, 6) is -1.05. The molecule has 0 radical (unpaired) electrons. The Hall–Kier alpha value is -2.25. The van der Waals surface area contributed by atoms with Crippen LogP contribution >= 0.6 is 11.3 Å². The fourth-order valence-corrected chi connectivity index (χ4v) is 4.32. The quantitative estimate of drug-likeness (QED) is 0.643. The molecule has 2 heterocycles. The molecule has 1 N–H and O–H groups in total. The lowest BCUT2D eigenvalue weighted by atomic mass is 9.93. The van der Waals surface area contributed by atoms with Crippen molar-refractivity contribution in [2.24, 2.45) is 5.92 Å². The van der Waals surface area contributed by atoms with Crippen molar-refractivity contribution in [3.05, 3.63) is 51.4 Å². The number of nitro groups is 1. The Balaban J connectivity index is 1.78. The molecule has 6 nitrogen and oxygen atoms in total. The predicted molar refractivity (Wildman–Crippen MR) is 96.6 cm³/mol. The number of hydrogen-bond donors (Lipinski definition) is 1. The maximum atomic E-state index is 11.3. The Morgan fingerprint density at radius 3 is 2.80 bits per heavy atom. The van der Waals surface area contributed by atoms with E-state index in [9.17, 15) is 20.0 Å². The van der Waals surface area contributed by atoms with Crippen LogP contribution in [-0.4, -0.2) is 33.5 Å². The number of benzene rings is 1. The first-order valence-electron chi connectivity index (χ1n) is 8.25. The molecule has 2 unspecified atom stereocenters. The Morgan fingerprint density at radius 1 is 1.32 bits per heavy atom. The third-order valence-corrected chi connectivity index (χ3v) is 5.85. The number of nitro benzene ring substituents is 1. The summed E-state index contributed by atoms with van der Waals surface area (Å²) >= 11 is 1.53. The average molecular weight is 360 g/mol. The van der Waals surface area contributed by atoms with Gasteiger partial charge in [0.1, 0.15) is 0 Å². The lowest BCUT2D eigenvalue weighted by Crippen LogP contribution is -2.43. The Bertz CT molecular complexity index is 789. The number of nitrogens with zero attached hydrogens (tertiary/aromatic N) is 2. The minimum Gasteiger partial charge on any atom is -0.481 e. The normalized spacial score (nSPS) is 21.2. The molecule has 2 aromatic rings. The summed E-state index contributed by atoms with van der Waals surface area (Å²) in [4.78, 5) is 26.3. The first kappa shape index (κ1) is 17.6. The molecule has 1 aliphatic heterocycles. The molecular weight excluding hydrogens is 340 g/mol. The number of carboxylic acids is 1. The van der Waals surface area contributed by atoms with Gasteiger partial charge in [-0.15, -0.1) is 11.3 Å². The standard InChI is InChI=1S/C18H20N2O4S/c1-12-6-7-13(18(21)22)10-19(12)11-14-8-9-17(25-14)15-4-2-3-5-16(15)20(23)24/h2-5,8-9,12-13H,6-7,10-11H2,1H3,(H,21,22). The number of piperidine rings is 1. The monoisotopic (exact) mass is 360 g/mol. The third-order valence-electron chi connectivity index (χ3n) is 4.75. The van der Waals surface area contributed by atoms with Crippen molar-refractivity contribution >= 4 is 23.0 Å². The third kappa shape index (κ3) is 3.88. The maximum Gasteiger partial charge on any atom is 0.307 e. The van der Waals surface area contributed by atoms with Crippen molar-refractivity contribution in [2.75, 3.05) is 6.54 Å². The van der Waals surface area contributed by atoms with Crippen LogP contribution in [0.3, 0.4) is 0 Å². The largest absolute Gasteiger partial charge is 0.481 e. The molecule has 1 aliphatic rings. The van der Waals surface area contributed by atoms with E-state index >= 15 is 0 Å². The van der Waals surface area contributed by atoms with Gasteiger partial charge in [-0.3, -0.25) is 19.8 Å². The molecule has 7 heteroatoms. The summed E-state index contributed by atoms with van der Waals surface area (Å²) in [5, 5.41) is 20.5. The number of para-hydroxylation sites is 1. The van der Waals surface area contributed by atoms with Crippen molar-refractivity contribution in [2.45, 2.75) is 32.4 Å². The number of hydrogen-bond acceptors (Lipinski definition) is 5. The van der Waals surface area contributed by atoms with Crippen molar-refractivity contribution < 1.29 is 14.8 Å². The van der Waals surface area contributed by atoms with E-state index in [4.69, 9.17) is 0 Å². The van der Waals surface area contributed by atoms with E-state index < -0.39 is 5.97 Å². The van der Waals surface area contributed by atoms with Gasteiger partial charge < -0.3 is 5.11 Å². The summed E-state index contributed by atoms with van der Waals surface area (Å²) < 4.78 is 0. The van der Waals surface area contributed by atoms with Gasteiger partial charge in [0.25, 0.3) is 5.69 Å². The van der Waals surface area contributed by atoms with Gasteiger partial charge in [-0.2, -0.15) is 0 Å². The average Bonchev–Trinajstić information content (AvgIpc) is 3.05. The van der Waals surface area contributed by atoms with Crippen LogP contribution < -0.4 is 0 Å². The second-order valence-electron chi connectivity index (χ2n) is 6.43. The highest BCUT2D eigenvalue weighted by atomic mass is 32.1. The molecule has 25 heavy (non-hydrogen) atoms. The van der Waals surface area contributed by atoms with Crippen LogP contribution in [-0.2, 0) is 11.3 Å². The van der Waals surface area contributed by atoms with E-state index in [-0.39, 0.29) is 16.5 Å². The molecular formula is C18H20N2O4S. The van der Waals surface area contributed by atoms with E-state index in [1.54, 1.807) is 18.2 Å². The highest BCUT2D eigenvalue weighted by molar-refractivity contribution is 7.15. The fourth-order valence-electron chi connectivity index (χ4n) is 3.25. The van der Waals surface area contributed by atoms with Gasteiger partial charge in [-0.05, 0) is 38.0 Å². The summed E-state index contributed by atoms with van der Waals surface area (Å²) in [7, 11) is 0. The molecule has 1 fully saturated rings. The SMILES string of the molecule is CC1CCC(C(=O)O)CN1Cc1ccc(-c2ccccc2[N+](=O)[O-])s1. The van der Waals surface area contributed by atoms with E-state index in [1.165, 1.54) is 17.4 Å². The van der Waals surface area contributed by atoms with E-state index in [2.05, 4.69) is 11.8 Å². The minimum absolute atomic E-state index is 0.105. The Labute approximate surface area is 149 Å². The van der Waals surface area contributed by atoms with Crippen LogP contribution in [0, 0.1) is 16.0 Å². The molecule has 0 amide bonds. The Kier molecular flexibility index (Phi) is 5.15. The molecule has 0 aliphatic carbocycles. The van der Waals surface area contributed by atoms with E-state index in [0.717, 1.165) is 22.6 Å². The summed E-state index contributed by atoms with van der Waals surface area (Å²) in [5.41, 5.74) is 0.729. The zero-order valence-electron chi connectivity index (χ0n) is 13.9. The lowest BCUT2D eigenvalue weighted by Gasteiger charge is -2.36. The molecule has 0 bridgehead atoms. The molecule has 1 saturated heterocycles. The lowest BCUT2D eigenvalue weighted by molar-refractivity contribution is -0.384. The van der Waals surface area contributed by atoms with Crippen molar-refractivity contribution in [3.8, 4) is 10.4 Å². The number of aliphatic carboxylic acids is 1. The zero-order chi connectivity index (χ0) is 18.0. The zero-order valence-corrected chi connectivity index (χ0v) is 14.7. The molecule has 1 aromatic heterocycles. The van der Waals surface area contributed by atoms with E-state index in [1.807, 2.05) is 12.1 Å². The summed E-state index contributed by atoms with van der Waals surface area (Å²) in [6, 6.07) is 11.0. The molecule has 1 aromatic carbocycles. The second-order valence-corrected chi connectivity index (χ2v) is 7.60. The van der Waals surface area contributed by atoms with Crippen LogP contribution in [0.5, 0.6) is 0 Å². The van der Waals surface area contributed by atoms with Crippen LogP contribution in [0.2, 0.25) is 0 Å². The fraction of sp³-hybridized carbons (Fsp3) is 0.389. The van der Waals surface area contributed by atoms with Crippen molar-refractivity contribution in [1.29, 1.82) is 0 Å². The molecule has 0 saturated carbocycles. The number of rotatable bonds is 5. The highest BCUT2D eigenvalue weighted by Crippen LogP contribution is 2.35. The number of thiophene rings is 1. The molecule has 2 atom stereocenters. The predicted octanol–water partition coefficient (Wildman–Crippen LogP) is 4.01. The van der Waals surface area contributed by atoms with Crippen LogP contribution in [0.25, 0.3) is 10.4 Å². The maximum absolute atomic E-state index is 11.3. The highest BCUT2D eigenvalue weighted by Gasteiger charge is 2.30. The molecule has 0 spiro atoms. The van der Waals surface area contributed by atoms with Gasteiger partial charge in [-0.1, -0.05) is 12.1 Å². The Morgan fingerprint density at radius 2 is 2.08 bits per heavy atom. The van der Waals surface area contributed by atoms with Crippen LogP contribution in [0.1, 0.15) is 24.6 Å². The second kappa shape index (κ2) is 7.33. The van der Waals surface area contributed by atoms with Gasteiger partial charge in [0.15, 0.2) is 0 Å².